The summed E-state index contributed by atoms with van der Waals surface area (Å²) in [5.74, 6) is -2.86. The first-order valence-corrected chi connectivity index (χ1v) is 10.6. The Bertz CT molecular complexity index is 1000. The number of carbonyl (C=O) groups is 1. The normalized spacial score (nSPS) is 16.5. The third-order valence-electron chi connectivity index (χ3n) is 5.46. The van der Waals surface area contributed by atoms with Gasteiger partial charge in [-0.05, 0) is 49.7 Å². The number of benzene rings is 2. The molecule has 0 spiro atoms. The Morgan fingerprint density at radius 2 is 1.91 bits per heavy atom. The number of alkyl halides is 3. The summed E-state index contributed by atoms with van der Waals surface area (Å²) in [5, 5.41) is 2.63. The fourth-order valence-electron chi connectivity index (χ4n) is 3.78. The SMILES string of the molecule is CN1CC[C@H](CN(Cc2ccc(F)cc2F)C(=O)NCc2ccc(OCC(F)(F)F)c(F)c2)C1. The van der Waals surface area contributed by atoms with E-state index in [-0.39, 0.29) is 24.6 Å². The van der Waals surface area contributed by atoms with Crippen molar-refractivity contribution in [2.75, 3.05) is 33.3 Å². The van der Waals surface area contributed by atoms with E-state index in [0.717, 1.165) is 43.8 Å². The minimum absolute atomic E-state index is 0.0866. The fourth-order valence-corrected chi connectivity index (χ4v) is 3.78. The third-order valence-corrected chi connectivity index (χ3v) is 5.46. The van der Waals surface area contributed by atoms with E-state index in [4.69, 9.17) is 0 Å². The van der Waals surface area contributed by atoms with E-state index < -0.39 is 42.0 Å². The zero-order chi connectivity index (χ0) is 24.9. The molecule has 2 amide bonds. The van der Waals surface area contributed by atoms with Crippen LogP contribution in [0.3, 0.4) is 0 Å². The van der Waals surface area contributed by atoms with Crippen molar-refractivity contribution in [3.8, 4) is 5.75 Å². The van der Waals surface area contributed by atoms with E-state index in [0.29, 0.717) is 12.1 Å². The van der Waals surface area contributed by atoms with E-state index in [1.165, 1.54) is 17.0 Å². The Morgan fingerprint density at radius 1 is 1.15 bits per heavy atom. The maximum Gasteiger partial charge on any atom is 0.422 e. The van der Waals surface area contributed by atoms with Crippen LogP contribution in [0.5, 0.6) is 5.75 Å². The van der Waals surface area contributed by atoms with Gasteiger partial charge in [0, 0.05) is 31.3 Å². The number of urea groups is 1. The van der Waals surface area contributed by atoms with Gasteiger partial charge in [-0.2, -0.15) is 13.2 Å². The standard InChI is InChI=1S/C23H25F6N3O2/c1-31-7-6-16(11-31)12-32(13-17-3-4-18(24)9-19(17)25)22(33)30-10-15-2-5-21(20(26)8-15)34-14-23(27,28)29/h2-5,8-9,16H,6-7,10-14H2,1H3,(H,30,33)/t16-/m0/s1. The number of hydrogen-bond acceptors (Lipinski definition) is 3. The molecule has 0 aromatic heterocycles. The maximum absolute atomic E-state index is 14.2. The van der Waals surface area contributed by atoms with Crippen LogP contribution in [0.2, 0.25) is 0 Å². The second kappa shape index (κ2) is 11.0. The summed E-state index contributed by atoms with van der Waals surface area (Å²) in [6.45, 7) is 0.156. The second-order valence-electron chi connectivity index (χ2n) is 8.36. The number of hydrogen-bond donors (Lipinski definition) is 1. The zero-order valence-electron chi connectivity index (χ0n) is 18.5. The van der Waals surface area contributed by atoms with Crippen LogP contribution in [0, 0.1) is 23.4 Å². The zero-order valence-corrected chi connectivity index (χ0v) is 18.5. The molecular weight excluding hydrogens is 464 g/mol. The van der Waals surface area contributed by atoms with Crippen molar-refractivity contribution in [2.45, 2.75) is 25.7 Å². The highest BCUT2D eigenvalue weighted by molar-refractivity contribution is 5.74. The quantitative estimate of drug-likeness (QED) is 0.547. The van der Waals surface area contributed by atoms with Crippen LogP contribution in [0.1, 0.15) is 17.5 Å². The second-order valence-corrected chi connectivity index (χ2v) is 8.36. The van der Waals surface area contributed by atoms with Crippen LogP contribution < -0.4 is 10.1 Å². The van der Waals surface area contributed by atoms with Gasteiger partial charge in [0.1, 0.15) is 11.6 Å². The van der Waals surface area contributed by atoms with Gasteiger partial charge in [-0.3, -0.25) is 0 Å². The maximum atomic E-state index is 14.2. The highest BCUT2D eigenvalue weighted by Crippen LogP contribution is 2.23. The first-order chi connectivity index (χ1) is 16.0. The molecule has 2 aromatic carbocycles. The van der Waals surface area contributed by atoms with E-state index in [2.05, 4.69) is 15.0 Å². The number of likely N-dealkylation sites (tertiary alicyclic amines) is 1. The fraction of sp³-hybridized carbons (Fsp3) is 0.435. The number of halogens is 6. The largest absolute Gasteiger partial charge is 0.481 e. The molecule has 0 saturated carbocycles. The highest BCUT2D eigenvalue weighted by Gasteiger charge is 2.29. The lowest BCUT2D eigenvalue weighted by molar-refractivity contribution is -0.153. The van der Waals surface area contributed by atoms with E-state index in [1.54, 1.807) is 0 Å². The Hall–Kier alpha value is -2.95. The molecule has 1 atom stereocenters. The van der Waals surface area contributed by atoms with E-state index >= 15 is 0 Å². The Balaban J connectivity index is 1.65. The molecule has 0 unspecified atom stereocenters. The van der Waals surface area contributed by atoms with Crippen molar-refractivity contribution in [3.63, 3.8) is 0 Å². The van der Waals surface area contributed by atoms with Gasteiger partial charge in [0.2, 0.25) is 0 Å². The summed E-state index contributed by atoms with van der Waals surface area (Å²) >= 11 is 0. The topological polar surface area (TPSA) is 44.8 Å². The average molecular weight is 489 g/mol. The van der Waals surface area contributed by atoms with Crippen molar-refractivity contribution in [3.05, 3.63) is 65.0 Å². The third kappa shape index (κ3) is 7.54. The predicted octanol–water partition coefficient (Wildman–Crippen LogP) is 4.71. The number of nitrogens with zero attached hydrogens (tertiary/aromatic N) is 2. The number of nitrogens with one attached hydrogen (secondary N) is 1. The molecule has 3 rings (SSSR count). The molecule has 1 N–H and O–H groups in total. The number of rotatable bonds is 8. The predicted molar refractivity (Wildman–Crippen MR) is 113 cm³/mol. The monoisotopic (exact) mass is 489 g/mol. The van der Waals surface area contributed by atoms with Crippen LogP contribution in [-0.4, -0.2) is 55.3 Å². The summed E-state index contributed by atoms with van der Waals surface area (Å²) in [6, 6.07) is 5.98. The summed E-state index contributed by atoms with van der Waals surface area (Å²) in [4.78, 5) is 16.4. The van der Waals surface area contributed by atoms with Gasteiger partial charge < -0.3 is 19.9 Å². The van der Waals surface area contributed by atoms with Gasteiger partial charge in [-0.25, -0.2) is 18.0 Å². The molecular formula is C23H25F6N3O2. The number of carbonyl (C=O) groups excluding carboxylic acids is 1. The van der Waals surface area contributed by atoms with Crippen LogP contribution in [0.4, 0.5) is 31.1 Å². The van der Waals surface area contributed by atoms with Crippen molar-refractivity contribution < 1.29 is 35.9 Å². The van der Waals surface area contributed by atoms with Crippen molar-refractivity contribution in [1.82, 2.24) is 15.1 Å². The molecule has 1 saturated heterocycles. The van der Waals surface area contributed by atoms with Gasteiger partial charge >= 0.3 is 12.2 Å². The lowest BCUT2D eigenvalue weighted by Gasteiger charge is -2.26. The van der Waals surface area contributed by atoms with E-state index in [1.807, 2.05) is 7.05 Å². The van der Waals surface area contributed by atoms with Crippen molar-refractivity contribution in [2.24, 2.45) is 5.92 Å². The molecule has 0 aliphatic carbocycles. The molecule has 34 heavy (non-hydrogen) atoms. The number of amides is 2. The van der Waals surface area contributed by atoms with E-state index in [9.17, 15) is 31.1 Å². The lowest BCUT2D eigenvalue weighted by atomic mass is 10.1. The van der Waals surface area contributed by atoms with Gasteiger partial charge in [0.05, 0.1) is 6.54 Å². The lowest BCUT2D eigenvalue weighted by Crippen LogP contribution is -2.42. The van der Waals surface area contributed by atoms with Gasteiger partial charge in [0.15, 0.2) is 18.2 Å². The van der Waals surface area contributed by atoms with Crippen LogP contribution >= 0.6 is 0 Å². The highest BCUT2D eigenvalue weighted by atomic mass is 19.4. The summed E-state index contributed by atoms with van der Waals surface area (Å²) in [5.41, 5.74) is 0.457. The summed E-state index contributed by atoms with van der Waals surface area (Å²) < 4.78 is 82.7. The Morgan fingerprint density at radius 3 is 2.53 bits per heavy atom. The Labute approximate surface area is 193 Å². The van der Waals surface area contributed by atoms with Crippen LogP contribution in [0.15, 0.2) is 36.4 Å². The van der Waals surface area contributed by atoms with Crippen molar-refractivity contribution >= 4 is 6.03 Å². The minimum atomic E-state index is -4.60. The first kappa shape index (κ1) is 25.7. The molecule has 1 heterocycles. The van der Waals surface area contributed by atoms with Gasteiger partial charge in [-0.1, -0.05) is 12.1 Å². The molecule has 5 nitrogen and oxygen atoms in total. The molecule has 11 heteroatoms. The molecule has 1 aliphatic heterocycles. The summed E-state index contributed by atoms with van der Waals surface area (Å²) in [6.07, 6.45) is -3.74. The van der Waals surface area contributed by atoms with Crippen molar-refractivity contribution in [1.29, 1.82) is 0 Å². The smallest absolute Gasteiger partial charge is 0.422 e. The minimum Gasteiger partial charge on any atom is -0.481 e. The van der Waals surface area contributed by atoms with Gasteiger partial charge in [0.25, 0.3) is 0 Å². The Kier molecular flexibility index (Phi) is 8.29. The molecule has 2 aromatic rings. The molecule has 186 valence electrons. The summed E-state index contributed by atoms with van der Waals surface area (Å²) in [7, 11) is 1.96. The average Bonchev–Trinajstić information content (AvgIpc) is 3.16. The van der Waals surface area contributed by atoms with Crippen LogP contribution in [0.25, 0.3) is 0 Å². The van der Waals surface area contributed by atoms with Gasteiger partial charge in [-0.15, -0.1) is 0 Å². The molecule has 1 fully saturated rings. The molecule has 0 bridgehead atoms. The molecule has 0 radical (unpaired) electrons. The van der Waals surface area contributed by atoms with Crippen LogP contribution in [-0.2, 0) is 13.1 Å². The molecule has 1 aliphatic rings. The number of ether oxygens (including phenoxy) is 1. The first-order valence-electron chi connectivity index (χ1n) is 10.6.